The molecule has 37 heavy (non-hydrogen) atoms. The van der Waals surface area contributed by atoms with E-state index < -0.39 is 5.54 Å². The van der Waals surface area contributed by atoms with E-state index in [1.165, 1.54) is 31.3 Å². The van der Waals surface area contributed by atoms with Crippen LogP contribution in [-0.4, -0.2) is 52.1 Å². The molecule has 0 saturated carbocycles. The van der Waals surface area contributed by atoms with Crippen LogP contribution in [0.5, 0.6) is 17.4 Å². The van der Waals surface area contributed by atoms with E-state index in [0.29, 0.717) is 47.9 Å². The highest BCUT2D eigenvalue weighted by Gasteiger charge is 2.44. The third kappa shape index (κ3) is 4.30. The molecule has 0 radical (unpaired) electrons. The number of amidine groups is 1. The molecule has 3 N–H and O–H groups in total. The van der Waals surface area contributed by atoms with Crippen molar-refractivity contribution >= 4 is 34.1 Å². The summed E-state index contributed by atoms with van der Waals surface area (Å²) in [6.45, 7) is 1.24. The van der Waals surface area contributed by atoms with Crippen molar-refractivity contribution in [1.29, 1.82) is 0 Å². The molecule has 0 aliphatic carbocycles. The normalized spacial score (nSPS) is 20.1. The molecule has 188 valence electrons. The number of thioether (sulfide) groups is 1. The van der Waals surface area contributed by atoms with Crippen LogP contribution in [0.3, 0.4) is 0 Å². The number of fused-ring (bicyclic) bond motifs is 4. The smallest absolute Gasteiger partial charge is 0.275 e. The predicted octanol–water partition coefficient (Wildman–Crippen LogP) is 3.74. The van der Waals surface area contributed by atoms with E-state index in [4.69, 9.17) is 24.9 Å². The number of aliphatic imine (C=N–C) groups is 1. The second kappa shape index (κ2) is 9.49. The van der Waals surface area contributed by atoms with Crippen molar-refractivity contribution in [2.75, 3.05) is 31.4 Å². The van der Waals surface area contributed by atoms with Gasteiger partial charge in [-0.3, -0.25) is 9.78 Å². The van der Waals surface area contributed by atoms with Crippen LogP contribution in [0.2, 0.25) is 0 Å². The summed E-state index contributed by atoms with van der Waals surface area (Å²) in [6, 6.07) is 7.57. The summed E-state index contributed by atoms with van der Waals surface area (Å²) >= 11 is 1.53. The van der Waals surface area contributed by atoms with Crippen LogP contribution < -0.4 is 20.5 Å². The van der Waals surface area contributed by atoms with Crippen LogP contribution in [0, 0.1) is 0 Å². The lowest BCUT2D eigenvalue weighted by molar-refractivity contribution is 0.102. The third-order valence-corrected chi connectivity index (χ3v) is 7.39. The number of benzene rings is 1. The van der Waals surface area contributed by atoms with E-state index in [9.17, 15) is 4.79 Å². The molecule has 6 rings (SSSR count). The van der Waals surface area contributed by atoms with E-state index in [1.54, 1.807) is 12.3 Å². The molecule has 1 unspecified atom stereocenters. The van der Waals surface area contributed by atoms with Crippen molar-refractivity contribution in [3.63, 3.8) is 0 Å². The summed E-state index contributed by atoms with van der Waals surface area (Å²) in [4.78, 5) is 30.7. The van der Waals surface area contributed by atoms with Crippen LogP contribution >= 0.6 is 11.8 Å². The van der Waals surface area contributed by atoms with Gasteiger partial charge in [-0.15, -0.1) is 0 Å². The first-order valence-corrected chi connectivity index (χ1v) is 12.8. The lowest BCUT2D eigenvalue weighted by atomic mass is 9.78. The van der Waals surface area contributed by atoms with Crippen molar-refractivity contribution in [2.45, 2.75) is 18.4 Å². The van der Waals surface area contributed by atoms with Crippen molar-refractivity contribution in [2.24, 2.45) is 10.7 Å². The Hall–Kier alpha value is -3.96. The Morgan fingerprint density at radius 3 is 2.78 bits per heavy atom. The summed E-state index contributed by atoms with van der Waals surface area (Å²) in [5, 5.41) is 3.42. The van der Waals surface area contributed by atoms with Gasteiger partial charge in [0.15, 0.2) is 10.9 Å². The second-order valence-electron chi connectivity index (χ2n) is 8.74. The van der Waals surface area contributed by atoms with Gasteiger partial charge >= 0.3 is 0 Å². The number of carbonyl (C=O) groups is 1. The molecule has 0 saturated heterocycles. The molecule has 1 amide bonds. The molecule has 1 atom stereocenters. The number of aromatic nitrogens is 3. The molecular weight excluding hydrogens is 492 g/mol. The van der Waals surface area contributed by atoms with E-state index in [0.717, 1.165) is 34.6 Å². The summed E-state index contributed by atoms with van der Waals surface area (Å²) in [6.07, 6.45) is 8.11. The van der Waals surface area contributed by atoms with E-state index in [-0.39, 0.29) is 11.6 Å². The maximum Gasteiger partial charge on any atom is 0.275 e. The van der Waals surface area contributed by atoms with Crippen molar-refractivity contribution in [1.82, 2.24) is 15.0 Å². The number of rotatable bonds is 4. The average molecular weight is 517 g/mol. The van der Waals surface area contributed by atoms with Gasteiger partial charge in [0.05, 0.1) is 44.6 Å². The van der Waals surface area contributed by atoms with Crippen LogP contribution in [0.1, 0.15) is 40.2 Å². The molecule has 5 heterocycles. The molecule has 3 aromatic rings. The Balaban J connectivity index is 1.40. The standard InChI is InChI=1S/C26H24N6O4S/c1-34-23-14-29-20(12-30-23)24(33)31-16-2-3-21-17(10-16)26(6-9-37-25(27)32-26)18-11-19(28-13-22(18)36-21)15-4-7-35-8-5-15/h2-4,10-14H,5-9H2,1H3,(H2,27,32)(H,31,33). The van der Waals surface area contributed by atoms with Gasteiger partial charge < -0.3 is 25.3 Å². The number of nitrogens with zero attached hydrogens (tertiary/aromatic N) is 4. The molecule has 3 aliphatic rings. The lowest BCUT2D eigenvalue weighted by Crippen LogP contribution is -2.35. The minimum atomic E-state index is -0.762. The molecule has 1 aromatic carbocycles. The Kier molecular flexibility index (Phi) is 6.01. The van der Waals surface area contributed by atoms with Gasteiger partial charge in [0.2, 0.25) is 5.88 Å². The molecule has 10 nitrogen and oxygen atoms in total. The maximum atomic E-state index is 12.9. The monoisotopic (exact) mass is 516 g/mol. The molecule has 1 spiro atoms. The Bertz CT molecular complexity index is 1440. The van der Waals surface area contributed by atoms with E-state index in [1.807, 2.05) is 12.1 Å². The van der Waals surface area contributed by atoms with Gasteiger partial charge in [-0.05, 0) is 42.7 Å². The molecule has 0 bridgehead atoms. The number of hydrogen-bond donors (Lipinski definition) is 2. The lowest BCUT2D eigenvalue weighted by Gasteiger charge is -2.39. The number of carbonyl (C=O) groups excluding carboxylic acids is 1. The number of pyridine rings is 1. The van der Waals surface area contributed by atoms with Crippen LogP contribution in [0.4, 0.5) is 5.69 Å². The van der Waals surface area contributed by atoms with Gasteiger partial charge in [0, 0.05) is 22.6 Å². The number of hydrogen-bond acceptors (Lipinski definition) is 10. The highest BCUT2D eigenvalue weighted by Crippen LogP contribution is 2.53. The number of ether oxygens (including phenoxy) is 3. The fourth-order valence-electron chi connectivity index (χ4n) is 4.77. The zero-order chi connectivity index (χ0) is 25.4. The second-order valence-corrected chi connectivity index (χ2v) is 9.86. The minimum absolute atomic E-state index is 0.173. The summed E-state index contributed by atoms with van der Waals surface area (Å²) in [7, 11) is 1.49. The fourth-order valence-corrected chi connectivity index (χ4v) is 5.60. The largest absolute Gasteiger partial charge is 0.480 e. The first-order valence-electron chi connectivity index (χ1n) is 11.8. The Morgan fingerprint density at radius 1 is 1.14 bits per heavy atom. The summed E-state index contributed by atoms with van der Waals surface area (Å²) < 4.78 is 16.8. The molecule has 11 heteroatoms. The fraction of sp³-hybridized carbons (Fsp3) is 0.269. The summed E-state index contributed by atoms with van der Waals surface area (Å²) in [5.74, 6) is 2.04. The topological polar surface area (TPSA) is 134 Å². The zero-order valence-corrected chi connectivity index (χ0v) is 20.9. The molecule has 3 aliphatic heterocycles. The Morgan fingerprint density at radius 2 is 2.03 bits per heavy atom. The summed E-state index contributed by atoms with van der Waals surface area (Å²) in [5.41, 5.74) is 10.0. The van der Waals surface area contributed by atoms with Crippen LogP contribution in [0.15, 0.2) is 53.9 Å². The zero-order valence-electron chi connectivity index (χ0n) is 20.1. The van der Waals surface area contributed by atoms with E-state index in [2.05, 4.69) is 32.4 Å². The third-order valence-electron chi connectivity index (χ3n) is 6.59. The van der Waals surface area contributed by atoms with Crippen molar-refractivity contribution < 1.29 is 19.0 Å². The van der Waals surface area contributed by atoms with Gasteiger partial charge in [-0.1, -0.05) is 17.8 Å². The SMILES string of the molecule is COc1cnc(C(=O)Nc2ccc3c(c2)C2(CCSC(N)=N2)c2cc(C4=CCOCC4)ncc2O3)cn1. The first kappa shape index (κ1) is 23.4. The predicted molar refractivity (Wildman–Crippen MR) is 140 cm³/mol. The highest BCUT2D eigenvalue weighted by molar-refractivity contribution is 8.13. The van der Waals surface area contributed by atoms with Gasteiger partial charge in [0.25, 0.3) is 5.91 Å². The quantitative estimate of drug-likeness (QED) is 0.532. The molecule has 2 aromatic heterocycles. The first-order chi connectivity index (χ1) is 18.1. The number of anilines is 1. The number of amides is 1. The van der Waals surface area contributed by atoms with Crippen molar-refractivity contribution in [3.8, 4) is 17.4 Å². The van der Waals surface area contributed by atoms with Crippen LogP contribution in [-0.2, 0) is 10.3 Å². The van der Waals surface area contributed by atoms with Gasteiger partial charge in [0.1, 0.15) is 17.0 Å². The van der Waals surface area contributed by atoms with Gasteiger partial charge in [-0.2, -0.15) is 0 Å². The maximum absolute atomic E-state index is 12.9. The minimum Gasteiger partial charge on any atom is -0.480 e. The number of nitrogens with two attached hydrogens (primary N) is 1. The number of nitrogens with one attached hydrogen (secondary N) is 1. The van der Waals surface area contributed by atoms with Crippen LogP contribution in [0.25, 0.3) is 5.57 Å². The molecular formula is C26H24N6O4S. The average Bonchev–Trinajstić information content (AvgIpc) is 2.94. The van der Waals surface area contributed by atoms with Crippen molar-refractivity contribution in [3.05, 3.63) is 71.4 Å². The number of methoxy groups -OCH3 is 1. The van der Waals surface area contributed by atoms with E-state index >= 15 is 0 Å². The van der Waals surface area contributed by atoms with Gasteiger partial charge in [-0.25, -0.2) is 15.0 Å². The Labute approximate surface area is 217 Å². The highest BCUT2D eigenvalue weighted by atomic mass is 32.2. The molecule has 0 fully saturated rings.